The van der Waals surface area contributed by atoms with Gasteiger partial charge in [-0.3, -0.25) is 0 Å². The maximum Gasteiger partial charge on any atom is 0.145 e. The molecule has 0 aliphatic carbocycles. The Hall–Kier alpha value is -1.42. The van der Waals surface area contributed by atoms with Gasteiger partial charge in [0.15, 0.2) is 0 Å². The topological polar surface area (TPSA) is 3.24 Å². The van der Waals surface area contributed by atoms with Crippen LogP contribution in [-0.4, -0.2) is 6.54 Å². The first-order chi connectivity index (χ1) is 10.2. The molecule has 0 aromatic heterocycles. The highest BCUT2D eigenvalue weighted by molar-refractivity contribution is 9.10. The van der Waals surface area contributed by atoms with Crippen LogP contribution in [0.4, 0.5) is 14.5 Å². The molecule has 21 heavy (non-hydrogen) atoms. The van der Waals surface area contributed by atoms with E-state index < -0.39 is 11.6 Å². The summed E-state index contributed by atoms with van der Waals surface area (Å²) in [5.41, 5.74) is 2.47. The van der Waals surface area contributed by atoms with Crippen LogP contribution in [0.5, 0.6) is 0 Å². The van der Waals surface area contributed by atoms with Crippen LogP contribution >= 0.6 is 15.9 Å². The maximum absolute atomic E-state index is 14.2. The van der Waals surface area contributed by atoms with Crippen LogP contribution in [0.3, 0.4) is 0 Å². The molecule has 0 spiro atoms. The van der Waals surface area contributed by atoms with Crippen LogP contribution in [0.15, 0.2) is 40.9 Å². The molecule has 0 radical (unpaired) electrons. The molecule has 0 N–H and O–H groups in total. The van der Waals surface area contributed by atoms with Crippen LogP contribution in [0.25, 0.3) is 0 Å². The number of hydrogen-bond donors (Lipinski definition) is 0. The summed E-state index contributed by atoms with van der Waals surface area (Å²) in [5, 5.41) is 0. The van der Waals surface area contributed by atoms with Crippen molar-refractivity contribution in [3.63, 3.8) is 0 Å². The highest BCUT2D eigenvalue weighted by Gasteiger charge is 2.19. The Bertz CT molecular complexity index is 657. The summed E-state index contributed by atoms with van der Waals surface area (Å²) in [5.74, 6) is -0.992. The SMILES string of the molecule is Fc1ccc(Br)c(F)c1CN1CCCCc2ccccc21. The molecule has 0 fully saturated rings. The summed E-state index contributed by atoms with van der Waals surface area (Å²) in [6.07, 6.45) is 3.17. The van der Waals surface area contributed by atoms with Crippen molar-refractivity contribution in [2.75, 3.05) is 11.4 Å². The molecule has 2 aromatic rings. The molecule has 0 amide bonds. The number of halogens is 3. The summed E-state index contributed by atoms with van der Waals surface area (Å²) in [6.45, 7) is 1.08. The fourth-order valence-corrected chi connectivity index (χ4v) is 3.21. The van der Waals surface area contributed by atoms with E-state index in [0.29, 0.717) is 4.47 Å². The van der Waals surface area contributed by atoms with Gasteiger partial charge in [0, 0.05) is 24.3 Å². The van der Waals surface area contributed by atoms with Crippen molar-refractivity contribution in [3.8, 4) is 0 Å². The van der Waals surface area contributed by atoms with Crippen molar-refractivity contribution in [2.24, 2.45) is 0 Å². The van der Waals surface area contributed by atoms with Gasteiger partial charge in [-0.1, -0.05) is 18.2 Å². The Morgan fingerprint density at radius 2 is 1.86 bits per heavy atom. The van der Waals surface area contributed by atoms with Crippen molar-refractivity contribution in [3.05, 3.63) is 63.6 Å². The number of rotatable bonds is 2. The molecule has 2 aromatic carbocycles. The second-order valence-electron chi connectivity index (χ2n) is 5.33. The Balaban J connectivity index is 1.97. The Labute approximate surface area is 131 Å². The minimum atomic E-state index is -0.503. The van der Waals surface area contributed by atoms with Crippen molar-refractivity contribution in [1.29, 1.82) is 0 Å². The van der Waals surface area contributed by atoms with Gasteiger partial charge in [-0.05, 0) is 59.0 Å². The minimum Gasteiger partial charge on any atom is -0.367 e. The molecular formula is C17H16BrF2N. The molecular weight excluding hydrogens is 336 g/mol. The van der Waals surface area contributed by atoms with E-state index in [9.17, 15) is 8.78 Å². The standard InChI is InChI=1S/C17H16BrF2N/c18-14-8-9-15(19)13(17(14)20)11-21-10-4-3-6-12-5-1-2-7-16(12)21/h1-2,5,7-9H,3-4,6,10-11H2. The largest absolute Gasteiger partial charge is 0.367 e. The summed E-state index contributed by atoms with van der Waals surface area (Å²) in [4.78, 5) is 2.08. The first kappa shape index (κ1) is 14.5. The van der Waals surface area contributed by atoms with Gasteiger partial charge >= 0.3 is 0 Å². The number of benzene rings is 2. The summed E-state index contributed by atoms with van der Waals surface area (Å²) in [6, 6.07) is 10.8. The van der Waals surface area contributed by atoms with Crippen molar-refractivity contribution in [1.82, 2.24) is 0 Å². The molecule has 1 aliphatic rings. The molecule has 3 rings (SSSR count). The number of para-hydroxylation sites is 1. The lowest BCUT2D eigenvalue weighted by atomic mass is 10.1. The predicted molar refractivity (Wildman–Crippen MR) is 84.5 cm³/mol. The minimum absolute atomic E-state index is 0.126. The average Bonchev–Trinajstić information content (AvgIpc) is 2.70. The van der Waals surface area contributed by atoms with Gasteiger partial charge in [0.1, 0.15) is 11.6 Å². The third kappa shape index (κ3) is 2.95. The molecule has 1 aliphatic heterocycles. The van der Waals surface area contributed by atoms with Crippen LogP contribution < -0.4 is 4.90 Å². The van der Waals surface area contributed by atoms with E-state index in [4.69, 9.17) is 0 Å². The van der Waals surface area contributed by atoms with Gasteiger partial charge < -0.3 is 4.90 Å². The van der Waals surface area contributed by atoms with E-state index in [0.717, 1.165) is 31.5 Å². The number of aryl methyl sites for hydroxylation is 1. The molecule has 4 heteroatoms. The van der Waals surface area contributed by atoms with Gasteiger partial charge in [0.25, 0.3) is 0 Å². The lowest BCUT2D eigenvalue weighted by molar-refractivity contribution is 0.545. The maximum atomic E-state index is 14.2. The zero-order valence-electron chi connectivity index (χ0n) is 11.6. The quantitative estimate of drug-likeness (QED) is 0.682. The zero-order chi connectivity index (χ0) is 14.8. The van der Waals surface area contributed by atoms with E-state index in [2.05, 4.69) is 26.9 Å². The highest BCUT2D eigenvalue weighted by atomic mass is 79.9. The molecule has 1 heterocycles. The van der Waals surface area contributed by atoms with Crippen LogP contribution in [0.1, 0.15) is 24.0 Å². The van der Waals surface area contributed by atoms with E-state index in [1.165, 1.54) is 17.7 Å². The zero-order valence-corrected chi connectivity index (χ0v) is 13.2. The molecule has 0 saturated carbocycles. The van der Waals surface area contributed by atoms with Gasteiger partial charge in [-0.25, -0.2) is 8.78 Å². The van der Waals surface area contributed by atoms with E-state index in [1.807, 2.05) is 18.2 Å². The highest BCUT2D eigenvalue weighted by Crippen LogP contribution is 2.30. The van der Waals surface area contributed by atoms with Crippen LogP contribution in [0, 0.1) is 11.6 Å². The lowest BCUT2D eigenvalue weighted by Gasteiger charge is -2.25. The Kier molecular flexibility index (Phi) is 4.24. The second kappa shape index (κ2) is 6.14. The number of anilines is 1. The first-order valence-electron chi connectivity index (χ1n) is 7.12. The van der Waals surface area contributed by atoms with Crippen molar-refractivity contribution >= 4 is 21.6 Å². The summed E-state index contributed by atoms with van der Waals surface area (Å²) < 4.78 is 28.5. The second-order valence-corrected chi connectivity index (χ2v) is 6.18. The van der Waals surface area contributed by atoms with E-state index in [1.54, 1.807) is 0 Å². The van der Waals surface area contributed by atoms with Crippen molar-refractivity contribution in [2.45, 2.75) is 25.8 Å². The van der Waals surface area contributed by atoms with Gasteiger partial charge in [-0.15, -0.1) is 0 Å². The van der Waals surface area contributed by atoms with E-state index in [-0.39, 0.29) is 12.1 Å². The molecule has 0 atom stereocenters. The van der Waals surface area contributed by atoms with Gasteiger partial charge in [-0.2, -0.15) is 0 Å². The fourth-order valence-electron chi connectivity index (χ4n) is 2.84. The normalized spacial score (nSPS) is 14.7. The van der Waals surface area contributed by atoms with Crippen LogP contribution in [0.2, 0.25) is 0 Å². The lowest BCUT2D eigenvalue weighted by Crippen LogP contribution is -2.24. The predicted octanol–water partition coefficient (Wildman–Crippen LogP) is 5.07. The van der Waals surface area contributed by atoms with Gasteiger partial charge in [0.2, 0.25) is 0 Å². The van der Waals surface area contributed by atoms with Gasteiger partial charge in [0.05, 0.1) is 4.47 Å². The fraction of sp³-hybridized carbons (Fsp3) is 0.294. The van der Waals surface area contributed by atoms with E-state index >= 15 is 0 Å². The number of hydrogen-bond acceptors (Lipinski definition) is 1. The van der Waals surface area contributed by atoms with Crippen LogP contribution in [-0.2, 0) is 13.0 Å². The summed E-state index contributed by atoms with van der Waals surface area (Å²) >= 11 is 3.13. The molecule has 1 nitrogen and oxygen atoms in total. The Morgan fingerprint density at radius 3 is 2.71 bits per heavy atom. The smallest absolute Gasteiger partial charge is 0.145 e. The molecule has 0 saturated heterocycles. The first-order valence-corrected chi connectivity index (χ1v) is 7.91. The van der Waals surface area contributed by atoms with Crippen molar-refractivity contribution < 1.29 is 8.78 Å². The summed E-state index contributed by atoms with van der Waals surface area (Å²) in [7, 11) is 0. The third-order valence-corrected chi connectivity index (χ3v) is 4.56. The third-order valence-electron chi connectivity index (χ3n) is 3.94. The molecule has 0 bridgehead atoms. The molecule has 110 valence electrons. The average molecular weight is 352 g/mol. The number of fused-ring (bicyclic) bond motifs is 1. The monoisotopic (exact) mass is 351 g/mol. The number of nitrogens with zero attached hydrogens (tertiary/aromatic N) is 1. The molecule has 0 unspecified atom stereocenters. The Morgan fingerprint density at radius 1 is 1.05 bits per heavy atom.